The highest BCUT2D eigenvalue weighted by atomic mass is 16.5. The van der Waals surface area contributed by atoms with Gasteiger partial charge in [-0.05, 0) is 56.7 Å². The highest BCUT2D eigenvalue weighted by molar-refractivity contribution is 5.79. The highest BCUT2D eigenvalue weighted by Gasteiger charge is 2.20. The summed E-state index contributed by atoms with van der Waals surface area (Å²) in [7, 11) is 3.80. The molecule has 1 unspecified atom stereocenters. The summed E-state index contributed by atoms with van der Waals surface area (Å²) < 4.78 is 17.2. The van der Waals surface area contributed by atoms with Gasteiger partial charge >= 0.3 is 0 Å². The molecule has 156 valence electrons. The Morgan fingerprint density at radius 3 is 2.75 bits per heavy atom. The van der Waals surface area contributed by atoms with E-state index in [1.807, 2.05) is 12.1 Å². The van der Waals surface area contributed by atoms with Crippen molar-refractivity contribution < 1.29 is 14.2 Å². The van der Waals surface area contributed by atoms with Gasteiger partial charge in [0.2, 0.25) is 0 Å². The maximum absolute atomic E-state index is 6.14. The van der Waals surface area contributed by atoms with E-state index in [1.165, 1.54) is 12.8 Å². The van der Waals surface area contributed by atoms with E-state index in [4.69, 9.17) is 19.2 Å². The van der Waals surface area contributed by atoms with Gasteiger partial charge < -0.3 is 24.4 Å². The molecule has 0 bridgehead atoms. The van der Waals surface area contributed by atoms with Crippen LogP contribution in [0.4, 0.5) is 0 Å². The molecule has 1 N–H and O–H groups in total. The SMILES string of the molecule is CCNC(=NCc1ccc(OC2CCCC2)c(OC)c1)N(C)CC1CCOC1. The molecule has 1 heterocycles. The number of hydrogen-bond donors (Lipinski definition) is 1. The molecular weight excluding hydrogens is 354 g/mol. The fourth-order valence-corrected chi connectivity index (χ4v) is 3.93. The smallest absolute Gasteiger partial charge is 0.193 e. The van der Waals surface area contributed by atoms with Crippen LogP contribution >= 0.6 is 0 Å². The number of methoxy groups -OCH3 is 1. The van der Waals surface area contributed by atoms with Crippen LogP contribution in [-0.2, 0) is 11.3 Å². The van der Waals surface area contributed by atoms with Crippen molar-refractivity contribution in [2.24, 2.45) is 10.9 Å². The summed E-state index contributed by atoms with van der Waals surface area (Å²) >= 11 is 0. The Bertz CT molecular complexity index is 638. The second-order valence-electron chi connectivity index (χ2n) is 7.79. The van der Waals surface area contributed by atoms with Crippen molar-refractivity contribution in [3.8, 4) is 11.5 Å². The first-order valence-electron chi connectivity index (χ1n) is 10.6. The fourth-order valence-electron chi connectivity index (χ4n) is 3.93. The standard InChI is InChI=1S/C22H35N3O3/c1-4-23-22(25(2)15-18-11-12-27-16-18)24-14-17-9-10-20(21(13-17)26-3)28-19-7-5-6-8-19/h9-10,13,18-19H,4-8,11-12,14-16H2,1-3H3,(H,23,24). The highest BCUT2D eigenvalue weighted by Crippen LogP contribution is 2.32. The Kier molecular flexibility index (Phi) is 7.83. The van der Waals surface area contributed by atoms with E-state index < -0.39 is 0 Å². The van der Waals surface area contributed by atoms with Crippen LogP contribution in [0.1, 0.15) is 44.6 Å². The fraction of sp³-hybridized carbons (Fsp3) is 0.682. The predicted molar refractivity (Wildman–Crippen MR) is 112 cm³/mol. The van der Waals surface area contributed by atoms with Gasteiger partial charge in [-0.1, -0.05) is 6.07 Å². The van der Waals surface area contributed by atoms with Crippen LogP contribution in [-0.4, -0.2) is 57.4 Å². The van der Waals surface area contributed by atoms with Crippen LogP contribution < -0.4 is 14.8 Å². The van der Waals surface area contributed by atoms with E-state index in [2.05, 4.69) is 30.3 Å². The van der Waals surface area contributed by atoms with Crippen LogP contribution in [0.25, 0.3) is 0 Å². The van der Waals surface area contributed by atoms with E-state index in [0.29, 0.717) is 18.6 Å². The lowest BCUT2D eigenvalue weighted by Crippen LogP contribution is -2.41. The number of ether oxygens (including phenoxy) is 3. The lowest BCUT2D eigenvalue weighted by atomic mass is 10.1. The predicted octanol–water partition coefficient (Wildman–Crippen LogP) is 3.45. The van der Waals surface area contributed by atoms with E-state index in [1.54, 1.807) is 7.11 Å². The van der Waals surface area contributed by atoms with Gasteiger partial charge in [0.25, 0.3) is 0 Å². The van der Waals surface area contributed by atoms with Gasteiger partial charge in [0.1, 0.15) is 0 Å². The van der Waals surface area contributed by atoms with Crippen LogP contribution in [0, 0.1) is 5.92 Å². The molecule has 6 heteroatoms. The van der Waals surface area contributed by atoms with Gasteiger partial charge in [-0.3, -0.25) is 0 Å². The summed E-state index contributed by atoms with van der Waals surface area (Å²) in [6.45, 7) is 6.24. The maximum atomic E-state index is 6.14. The quantitative estimate of drug-likeness (QED) is 0.545. The molecule has 2 aliphatic rings. The molecule has 1 aliphatic heterocycles. The zero-order chi connectivity index (χ0) is 19.8. The Morgan fingerprint density at radius 2 is 2.07 bits per heavy atom. The Balaban J connectivity index is 1.63. The summed E-state index contributed by atoms with van der Waals surface area (Å²) in [5.41, 5.74) is 1.11. The topological polar surface area (TPSA) is 55.3 Å². The molecule has 2 fully saturated rings. The van der Waals surface area contributed by atoms with Gasteiger partial charge in [-0.2, -0.15) is 0 Å². The van der Waals surface area contributed by atoms with Crippen molar-refractivity contribution >= 4 is 5.96 Å². The van der Waals surface area contributed by atoms with Crippen molar-refractivity contribution in [2.45, 2.75) is 51.7 Å². The maximum Gasteiger partial charge on any atom is 0.193 e. The first-order valence-corrected chi connectivity index (χ1v) is 10.6. The van der Waals surface area contributed by atoms with Crippen LogP contribution in [0.5, 0.6) is 11.5 Å². The van der Waals surface area contributed by atoms with Crippen molar-refractivity contribution in [2.75, 3.05) is 40.5 Å². The molecule has 1 saturated carbocycles. The molecule has 3 rings (SSSR count). The summed E-state index contributed by atoms with van der Waals surface area (Å²) in [6.07, 6.45) is 6.25. The number of hydrogen-bond acceptors (Lipinski definition) is 4. The van der Waals surface area contributed by atoms with Crippen LogP contribution in [0.2, 0.25) is 0 Å². The van der Waals surface area contributed by atoms with Crippen molar-refractivity contribution in [1.29, 1.82) is 0 Å². The van der Waals surface area contributed by atoms with E-state index in [-0.39, 0.29) is 0 Å². The monoisotopic (exact) mass is 389 g/mol. The normalized spacial score (nSPS) is 20.4. The van der Waals surface area contributed by atoms with E-state index in [0.717, 1.165) is 68.6 Å². The molecular formula is C22H35N3O3. The minimum absolute atomic E-state index is 0.325. The second-order valence-corrected chi connectivity index (χ2v) is 7.79. The summed E-state index contributed by atoms with van der Waals surface area (Å²) in [4.78, 5) is 7.03. The summed E-state index contributed by atoms with van der Waals surface area (Å²) in [5, 5.41) is 3.39. The van der Waals surface area contributed by atoms with Crippen molar-refractivity contribution in [1.82, 2.24) is 10.2 Å². The van der Waals surface area contributed by atoms with Gasteiger partial charge in [-0.25, -0.2) is 4.99 Å². The van der Waals surface area contributed by atoms with Crippen molar-refractivity contribution in [3.05, 3.63) is 23.8 Å². The average Bonchev–Trinajstić information content (AvgIpc) is 3.40. The third-order valence-electron chi connectivity index (χ3n) is 5.49. The Hall–Kier alpha value is -1.95. The third-order valence-corrected chi connectivity index (χ3v) is 5.49. The van der Waals surface area contributed by atoms with Crippen molar-refractivity contribution in [3.63, 3.8) is 0 Å². The lowest BCUT2D eigenvalue weighted by Gasteiger charge is -2.24. The zero-order valence-electron chi connectivity index (χ0n) is 17.6. The molecule has 28 heavy (non-hydrogen) atoms. The molecule has 1 aliphatic carbocycles. The van der Waals surface area contributed by atoms with Crippen LogP contribution in [0.15, 0.2) is 23.2 Å². The zero-order valence-corrected chi connectivity index (χ0v) is 17.6. The minimum Gasteiger partial charge on any atom is -0.493 e. The second kappa shape index (κ2) is 10.6. The first kappa shape index (κ1) is 20.8. The number of guanidine groups is 1. The van der Waals surface area contributed by atoms with Gasteiger partial charge in [0, 0.05) is 32.7 Å². The molecule has 0 radical (unpaired) electrons. The first-order chi connectivity index (χ1) is 13.7. The number of aliphatic imine (C=N–C) groups is 1. The lowest BCUT2D eigenvalue weighted by molar-refractivity contribution is 0.181. The third kappa shape index (κ3) is 5.77. The number of nitrogens with zero attached hydrogens (tertiary/aromatic N) is 2. The molecule has 1 aromatic rings. The minimum atomic E-state index is 0.325. The summed E-state index contributed by atoms with van der Waals surface area (Å²) in [5.74, 6) is 3.15. The van der Waals surface area contributed by atoms with Gasteiger partial charge in [0.05, 0.1) is 26.4 Å². The molecule has 6 nitrogen and oxygen atoms in total. The van der Waals surface area contributed by atoms with Gasteiger partial charge in [-0.15, -0.1) is 0 Å². The average molecular weight is 390 g/mol. The van der Waals surface area contributed by atoms with E-state index >= 15 is 0 Å². The Labute approximate surface area is 169 Å². The molecule has 1 aromatic carbocycles. The molecule has 0 spiro atoms. The summed E-state index contributed by atoms with van der Waals surface area (Å²) in [6, 6.07) is 6.15. The van der Waals surface area contributed by atoms with Gasteiger partial charge in [0.15, 0.2) is 17.5 Å². The van der Waals surface area contributed by atoms with E-state index in [9.17, 15) is 0 Å². The Morgan fingerprint density at radius 1 is 1.25 bits per heavy atom. The largest absolute Gasteiger partial charge is 0.493 e. The number of rotatable bonds is 8. The molecule has 0 aromatic heterocycles. The number of nitrogens with one attached hydrogen (secondary N) is 1. The molecule has 1 atom stereocenters. The van der Waals surface area contributed by atoms with Crippen LogP contribution in [0.3, 0.4) is 0 Å². The number of benzene rings is 1. The molecule has 1 saturated heterocycles. The molecule has 0 amide bonds.